The lowest BCUT2D eigenvalue weighted by molar-refractivity contribution is 0.0598. The summed E-state index contributed by atoms with van der Waals surface area (Å²) in [6.45, 7) is 12.5. The fraction of sp³-hybridized carbons (Fsp3) is 0.440. The SMILES string of the molecule is CCCCn1ccc2c(N(C(=O)OC(C)(C)C)c3c(C)cc(CO)cc3C)nccc21. The topological polar surface area (TPSA) is 67.6 Å². The summed E-state index contributed by atoms with van der Waals surface area (Å²) in [5, 5.41) is 10.5. The Morgan fingerprint density at radius 1 is 1.19 bits per heavy atom. The number of aliphatic hydroxyl groups is 1. The van der Waals surface area contributed by atoms with Gasteiger partial charge in [0.2, 0.25) is 0 Å². The number of ether oxygens (including phenoxy) is 1. The first kappa shape index (κ1) is 22.8. The standard InChI is InChI=1S/C25H33N3O3/c1-7-8-12-27-13-10-20-21(27)9-11-26-23(20)28(24(30)31-25(4,5)6)22-17(2)14-19(16-29)15-18(22)3/h9-11,13-15,29H,7-8,12,16H2,1-6H3. The molecule has 0 fully saturated rings. The summed E-state index contributed by atoms with van der Waals surface area (Å²) < 4.78 is 7.99. The molecule has 0 aliphatic rings. The second kappa shape index (κ2) is 9.10. The van der Waals surface area contributed by atoms with Gasteiger partial charge < -0.3 is 14.4 Å². The molecule has 0 radical (unpaired) electrons. The van der Waals surface area contributed by atoms with Crippen molar-refractivity contribution in [3.05, 3.63) is 53.3 Å². The summed E-state index contributed by atoms with van der Waals surface area (Å²) in [5.41, 5.74) is 3.67. The average molecular weight is 424 g/mol. The molecule has 0 aliphatic carbocycles. The third-order valence-corrected chi connectivity index (χ3v) is 5.17. The van der Waals surface area contributed by atoms with E-state index in [2.05, 4.69) is 16.5 Å². The molecule has 166 valence electrons. The molecule has 0 atom stereocenters. The van der Waals surface area contributed by atoms with E-state index < -0.39 is 11.7 Å². The predicted molar refractivity (Wildman–Crippen MR) is 125 cm³/mol. The Kier molecular flexibility index (Phi) is 6.70. The number of rotatable bonds is 6. The van der Waals surface area contributed by atoms with Crippen LogP contribution in [0.3, 0.4) is 0 Å². The van der Waals surface area contributed by atoms with Crippen molar-refractivity contribution in [2.45, 2.75) is 73.1 Å². The monoisotopic (exact) mass is 423 g/mol. The molecular formula is C25H33N3O3. The maximum absolute atomic E-state index is 13.4. The summed E-state index contributed by atoms with van der Waals surface area (Å²) in [5.74, 6) is 0.546. The molecule has 0 bridgehead atoms. The second-order valence-electron chi connectivity index (χ2n) is 8.98. The van der Waals surface area contributed by atoms with Crippen LogP contribution in [-0.2, 0) is 17.9 Å². The molecule has 0 spiro atoms. The van der Waals surface area contributed by atoms with Crippen molar-refractivity contribution >= 4 is 28.5 Å². The molecule has 3 rings (SSSR count). The highest BCUT2D eigenvalue weighted by Gasteiger charge is 2.30. The van der Waals surface area contributed by atoms with Gasteiger partial charge in [0, 0.05) is 24.3 Å². The van der Waals surface area contributed by atoms with Crippen LogP contribution in [0.15, 0.2) is 36.7 Å². The normalized spacial score (nSPS) is 11.7. The molecule has 1 amide bonds. The smallest absolute Gasteiger partial charge is 0.420 e. The molecule has 1 N–H and O–H groups in total. The van der Waals surface area contributed by atoms with Crippen molar-refractivity contribution in [3.8, 4) is 0 Å². The fourth-order valence-corrected chi connectivity index (χ4v) is 3.89. The van der Waals surface area contributed by atoms with E-state index >= 15 is 0 Å². The molecule has 2 heterocycles. The Hall–Kier alpha value is -2.86. The average Bonchev–Trinajstić information content (AvgIpc) is 3.10. The van der Waals surface area contributed by atoms with E-state index in [1.54, 1.807) is 11.1 Å². The van der Waals surface area contributed by atoms with Crippen LogP contribution in [0.25, 0.3) is 10.9 Å². The van der Waals surface area contributed by atoms with Crippen molar-refractivity contribution in [1.82, 2.24) is 9.55 Å². The number of aliphatic hydroxyl groups excluding tert-OH is 1. The van der Waals surface area contributed by atoms with Crippen LogP contribution in [0, 0.1) is 13.8 Å². The molecule has 0 saturated heterocycles. The van der Waals surface area contributed by atoms with Crippen molar-refractivity contribution < 1.29 is 14.6 Å². The molecule has 3 aromatic rings. The summed E-state index contributed by atoms with van der Waals surface area (Å²) in [4.78, 5) is 19.6. The van der Waals surface area contributed by atoms with Crippen LogP contribution in [0.1, 0.15) is 57.2 Å². The third kappa shape index (κ3) is 4.90. The number of aryl methyl sites for hydroxylation is 3. The minimum absolute atomic E-state index is 0.0531. The Morgan fingerprint density at radius 3 is 2.45 bits per heavy atom. The van der Waals surface area contributed by atoms with Crippen LogP contribution >= 0.6 is 0 Å². The van der Waals surface area contributed by atoms with Gasteiger partial charge in [-0.3, -0.25) is 0 Å². The van der Waals surface area contributed by atoms with Crippen LogP contribution in [-0.4, -0.2) is 26.4 Å². The van der Waals surface area contributed by atoms with Crippen molar-refractivity contribution in [2.75, 3.05) is 4.90 Å². The largest absolute Gasteiger partial charge is 0.443 e. The maximum Gasteiger partial charge on any atom is 0.420 e. The Balaban J connectivity index is 2.21. The van der Waals surface area contributed by atoms with E-state index in [-0.39, 0.29) is 6.61 Å². The summed E-state index contributed by atoms with van der Waals surface area (Å²) >= 11 is 0. The molecule has 1 aromatic carbocycles. The Morgan fingerprint density at radius 2 is 1.87 bits per heavy atom. The van der Waals surface area contributed by atoms with Gasteiger partial charge in [-0.15, -0.1) is 0 Å². The van der Waals surface area contributed by atoms with E-state index in [9.17, 15) is 9.90 Å². The first-order chi connectivity index (χ1) is 14.7. The van der Waals surface area contributed by atoms with Gasteiger partial charge >= 0.3 is 6.09 Å². The van der Waals surface area contributed by atoms with E-state index in [0.717, 1.165) is 52.7 Å². The lowest BCUT2D eigenvalue weighted by Gasteiger charge is -2.29. The fourth-order valence-electron chi connectivity index (χ4n) is 3.89. The zero-order valence-corrected chi connectivity index (χ0v) is 19.4. The minimum Gasteiger partial charge on any atom is -0.443 e. The quantitative estimate of drug-likeness (QED) is 0.526. The van der Waals surface area contributed by atoms with Crippen LogP contribution in [0.5, 0.6) is 0 Å². The number of benzene rings is 1. The number of amides is 1. The highest BCUT2D eigenvalue weighted by atomic mass is 16.6. The number of pyridine rings is 1. The number of unbranched alkanes of at least 4 members (excludes halogenated alkanes) is 1. The van der Waals surface area contributed by atoms with E-state index in [1.165, 1.54) is 0 Å². The third-order valence-electron chi connectivity index (χ3n) is 5.17. The van der Waals surface area contributed by atoms with E-state index in [1.807, 2.05) is 65.1 Å². The number of aromatic nitrogens is 2. The van der Waals surface area contributed by atoms with Crippen molar-refractivity contribution in [3.63, 3.8) is 0 Å². The highest BCUT2D eigenvalue weighted by Crippen LogP contribution is 2.37. The number of hydrogen-bond acceptors (Lipinski definition) is 4. The summed E-state index contributed by atoms with van der Waals surface area (Å²) in [6.07, 6.45) is 5.50. The van der Waals surface area contributed by atoms with Crippen LogP contribution in [0.4, 0.5) is 16.3 Å². The molecule has 0 aliphatic heterocycles. The van der Waals surface area contributed by atoms with E-state index in [0.29, 0.717) is 5.82 Å². The zero-order chi connectivity index (χ0) is 22.8. The zero-order valence-electron chi connectivity index (χ0n) is 19.4. The first-order valence-electron chi connectivity index (χ1n) is 10.8. The number of hydrogen-bond donors (Lipinski definition) is 1. The number of carbonyl (C=O) groups is 1. The van der Waals surface area contributed by atoms with Gasteiger partial charge in [-0.25, -0.2) is 14.7 Å². The molecule has 6 heteroatoms. The minimum atomic E-state index is -0.650. The van der Waals surface area contributed by atoms with Crippen molar-refractivity contribution in [1.29, 1.82) is 0 Å². The van der Waals surface area contributed by atoms with Crippen molar-refractivity contribution in [2.24, 2.45) is 0 Å². The van der Waals surface area contributed by atoms with Crippen LogP contribution < -0.4 is 4.90 Å². The highest BCUT2D eigenvalue weighted by molar-refractivity contribution is 6.05. The predicted octanol–water partition coefficient (Wildman–Crippen LogP) is 6.02. The van der Waals surface area contributed by atoms with Gasteiger partial charge in [0.1, 0.15) is 5.60 Å². The van der Waals surface area contributed by atoms with Crippen LogP contribution in [0.2, 0.25) is 0 Å². The summed E-state index contributed by atoms with van der Waals surface area (Å²) in [6, 6.07) is 7.78. The molecule has 0 saturated carbocycles. The number of carbonyl (C=O) groups excluding carboxylic acids is 1. The van der Waals surface area contributed by atoms with Gasteiger partial charge in [-0.2, -0.15) is 0 Å². The lowest BCUT2D eigenvalue weighted by atomic mass is 10.0. The van der Waals surface area contributed by atoms with Gasteiger partial charge in [-0.1, -0.05) is 25.5 Å². The van der Waals surface area contributed by atoms with Gasteiger partial charge in [0.05, 0.1) is 17.8 Å². The first-order valence-corrected chi connectivity index (χ1v) is 10.8. The van der Waals surface area contributed by atoms with E-state index in [4.69, 9.17) is 4.74 Å². The van der Waals surface area contributed by atoms with Gasteiger partial charge in [0.15, 0.2) is 5.82 Å². The number of fused-ring (bicyclic) bond motifs is 1. The number of anilines is 2. The molecule has 0 unspecified atom stereocenters. The van der Waals surface area contributed by atoms with Gasteiger partial charge in [-0.05, 0) is 69.9 Å². The van der Waals surface area contributed by atoms with Gasteiger partial charge in [0.25, 0.3) is 0 Å². The molecule has 6 nitrogen and oxygen atoms in total. The Bertz CT molecular complexity index is 1060. The summed E-state index contributed by atoms with van der Waals surface area (Å²) in [7, 11) is 0. The second-order valence-corrected chi connectivity index (χ2v) is 8.98. The number of nitrogens with zero attached hydrogens (tertiary/aromatic N) is 3. The molecular weight excluding hydrogens is 390 g/mol. The maximum atomic E-state index is 13.4. The Labute approximate surface area is 184 Å². The lowest BCUT2D eigenvalue weighted by Crippen LogP contribution is -2.35. The molecule has 31 heavy (non-hydrogen) atoms. The molecule has 2 aromatic heterocycles.